The van der Waals surface area contributed by atoms with Gasteiger partial charge in [-0.2, -0.15) is 0 Å². The van der Waals surface area contributed by atoms with Crippen LogP contribution < -0.4 is 10.1 Å². The number of fused-ring (bicyclic) bond motifs is 1. The average molecular weight is 277 g/mol. The fourth-order valence-corrected chi connectivity index (χ4v) is 2.18. The maximum absolute atomic E-state index is 11.9. The quantitative estimate of drug-likeness (QED) is 0.852. The van der Waals surface area contributed by atoms with E-state index in [1.165, 1.54) is 0 Å². The number of ether oxygens (including phenoxy) is 1. The SMILES string of the molecule is CC(NC(=O)Cc1ccc2c(c1)CCO2)C(C)C(=O)O. The van der Waals surface area contributed by atoms with Crippen LogP contribution in [0.2, 0.25) is 0 Å². The molecule has 1 heterocycles. The van der Waals surface area contributed by atoms with Crippen molar-refractivity contribution in [3.05, 3.63) is 29.3 Å². The molecular formula is C15H19NO4. The van der Waals surface area contributed by atoms with Crippen molar-refractivity contribution < 1.29 is 19.4 Å². The Balaban J connectivity index is 1.93. The molecule has 1 aromatic carbocycles. The summed E-state index contributed by atoms with van der Waals surface area (Å²) in [6.45, 7) is 3.98. The van der Waals surface area contributed by atoms with E-state index in [9.17, 15) is 9.59 Å². The van der Waals surface area contributed by atoms with Gasteiger partial charge in [-0.3, -0.25) is 9.59 Å². The Labute approximate surface area is 117 Å². The number of benzene rings is 1. The third-order valence-electron chi connectivity index (χ3n) is 3.65. The van der Waals surface area contributed by atoms with Crippen LogP contribution in [0.3, 0.4) is 0 Å². The molecule has 1 aliphatic rings. The smallest absolute Gasteiger partial charge is 0.308 e. The standard InChI is InChI=1S/C15H19NO4/c1-9(15(18)19)10(2)16-14(17)8-11-3-4-13-12(7-11)5-6-20-13/h3-4,7,9-10H,5-6,8H2,1-2H3,(H,16,17)(H,18,19). The molecule has 0 aliphatic carbocycles. The molecule has 2 unspecified atom stereocenters. The predicted octanol–water partition coefficient (Wildman–Crippen LogP) is 1.39. The molecule has 0 bridgehead atoms. The normalized spacial score (nSPS) is 15.9. The fraction of sp³-hybridized carbons (Fsp3) is 0.467. The van der Waals surface area contributed by atoms with Crippen LogP contribution in [0.25, 0.3) is 0 Å². The van der Waals surface area contributed by atoms with Crippen molar-refractivity contribution in [2.75, 3.05) is 6.61 Å². The summed E-state index contributed by atoms with van der Waals surface area (Å²) in [7, 11) is 0. The zero-order chi connectivity index (χ0) is 14.7. The zero-order valence-corrected chi connectivity index (χ0v) is 11.7. The number of carbonyl (C=O) groups excluding carboxylic acids is 1. The van der Waals surface area contributed by atoms with Crippen LogP contribution >= 0.6 is 0 Å². The second-order valence-electron chi connectivity index (χ2n) is 5.20. The van der Waals surface area contributed by atoms with Crippen LogP contribution in [0, 0.1) is 5.92 Å². The minimum absolute atomic E-state index is 0.163. The molecule has 20 heavy (non-hydrogen) atoms. The van der Waals surface area contributed by atoms with E-state index in [1.807, 2.05) is 18.2 Å². The molecule has 0 fully saturated rings. The lowest BCUT2D eigenvalue weighted by atomic mass is 10.0. The highest BCUT2D eigenvalue weighted by Gasteiger charge is 2.21. The number of hydrogen-bond donors (Lipinski definition) is 2. The zero-order valence-electron chi connectivity index (χ0n) is 11.7. The summed E-state index contributed by atoms with van der Waals surface area (Å²) in [5, 5.41) is 11.6. The average Bonchev–Trinajstić information content (AvgIpc) is 2.84. The van der Waals surface area contributed by atoms with Gasteiger partial charge in [-0.15, -0.1) is 0 Å². The summed E-state index contributed by atoms with van der Waals surface area (Å²) in [5.74, 6) is -0.786. The van der Waals surface area contributed by atoms with Crippen LogP contribution in [-0.4, -0.2) is 29.6 Å². The third-order valence-corrected chi connectivity index (χ3v) is 3.65. The van der Waals surface area contributed by atoms with Crippen molar-refractivity contribution in [1.82, 2.24) is 5.32 Å². The van der Waals surface area contributed by atoms with Gasteiger partial charge in [-0.25, -0.2) is 0 Å². The van der Waals surface area contributed by atoms with Crippen molar-refractivity contribution in [3.63, 3.8) is 0 Å². The lowest BCUT2D eigenvalue weighted by molar-refractivity contribution is -0.142. The first-order valence-electron chi connectivity index (χ1n) is 6.74. The maximum Gasteiger partial charge on any atom is 0.308 e. The molecule has 1 amide bonds. The molecule has 0 spiro atoms. The van der Waals surface area contributed by atoms with Gasteiger partial charge in [0.25, 0.3) is 0 Å². The lowest BCUT2D eigenvalue weighted by Gasteiger charge is -2.17. The summed E-state index contributed by atoms with van der Waals surface area (Å²) < 4.78 is 5.41. The van der Waals surface area contributed by atoms with E-state index in [4.69, 9.17) is 9.84 Å². The third kappa shape index (κ3) is 3.29. The molecule has 2 atom stereocenters. The van der Waals surface area contributed by atoms with Gasteiger partial charge in [-0.1, -0.05) is 12.1 Å². The Morgan fingerprint density at radius 2 is 2.15 bits per heavy atom. The van der Waals surface area contributed by atoms with Crippen molar-refractivity contribution >= 4 is 11.9 Å². The largest absolute Gasteiger partial charge is 0.493 e. The van der Waals surface area contributed by atoms with Crippen molar-refractivity contribution in [2.45, 2.75) is 32.7 Å². The highest BCUT2D eigenvalue weighted by Crippen LogP contribution is 2.25. The molecule has 2 rings (SSSR count). The molecule has 5 heteroatoms. The topological polar surface area (TPSA) is 75.6 Å². The number of carboxylic acid groups (broad SMARTS) is 1. The van der Waals surface area contributed by atoms with E-state index < -0.39 is 17.9 Å². The molecule has 0 saturated carbocycles. The highest BCUT2D eigenvalue weighted by atomic mass is 16.5. The summed E-state index contributed by atoms with van der Waals surface area (Å²) in [6, 6.07) is 5.34. The predicted molar refractivity (Wildman–Crippen MR) is 73.7 cm³/mol. The molecule has 0 radical (unpaired) electrons. The van der Waals surface area contributed by atoms with Crippen molar-refractivity contribution in [1.29, 1.82) is 0 Å². The van der Waals surface area contributed by atoms with E-state index in [1.54, 1.807) is 13.8 Å². The van der Waals surface area contributed by atoms with Crippen LogP contribution in [0.5, 0.6) is 5.75 Å². The lowest BCUT2D eigenvalue weighted by Crippen LogP contribution is -2.40. The van der Waals surface area contributed by atoms with Gasteiger partial charge in [0.15, 0.2) is 0 Å². The Kier molecular flexibility index (Phi) is 4.27. The highest BCUT2D eigenvalue weighted by molar-refractivity contribution is 5.80. The van der Waals surface area contributed by atoms with Gasteiger partial charge in [0.2, 0.25) is 5.91 Å². The first kappa shape index (κ1) is 14.4. The minimum Gasteiger partial charge on any atom is -0.493 e. The number of hydrogen-bond acceptors (Lipinski definition) is 3. The first-order valence-corrected chi connectivity index (χ1v) is 6.74. The number of rotatable bonds is 5. The molecule has 108 valence electrons. The van der Waals surface area contributed by atoms with Gasteiger partial charge >= 0.3 is 5.97 Å². The van der Waals surface area contributed by atoms with Crippen LogP contribution in [0.4, 0.5) is 0 Å². The van der Waals surface area contributed by atoms with E-state index in [-0.39, 0.29) is 12.3 Å². The molecule has 0 saturated heterocycles. The summed E-state index contributed by atoms with van der Waals surface area (Å²) >= 11 is 0. The van der Waals surface area contributed by atoms with E-state index in [0.29, 0.717) is 6.61 Å². The van der Waals surface area contributed by atoms with Crippen molar-refractivity contribution in [3.8, 4) is 5.75 Å². The Morgan fingerprint density at radius 1 is 1.40 bits per heavy atom. The van der Waals surface area contributed by atoms with Crippen molar-refractivity contribution in [2.24, 2.45) is 5.92 Å². The van der Waals surface area contributed by atoms with Gasteiger partial charge in [-0.05, 0) is 31.0 Å². The maximum atomic E-state index is 11.9. The van der Waals surface area contributed by atoms with Gasteiger partial charge in [0, 0.05) is 12.5 Å². The van der Waals surface area contributed by atoms with Crippen LogP contribution in [-0.2, 0) is 22.4 Å². The molecular weight excluding hydrogens is 258 g/mol. The Hall–Kier alpha value is -2.04. The Morgan fingerprint density at radius 3 is 2.85 bits per heavy atom. The molecule has 5 nitrogen and oxygen atoms in total. The molecule has 1 aromatic rings. The molecule has 1 aliphatic heterocycles. The van der Waals surface area contributed by atoms with E-state index in [2.05, 4.69) is 5.32 Å². The first-order chi connectivity index (χ1) is 9.47. The summed E-state index contributed by atoms with van der Waals surface area (Å²) in [6.07, 6.45) is 1.13. The second kappa shape index (κ2) is 5.94. The number of carbonyl (C=O) groups is 2. The van der Waals surface area contributed by atoms with E-state index >= 15 is 0 Å². The number of carboxylic acids is 1. The summed E-state index contributed by atoms with van der Waals surface area (Å²) in [4.78, 5) is 22.8. The second-order valence-corrected chi connectivity index (χ2v) is 5.20. The summed E-state index contributed by atoms with van der Waals surface area (Å²) in [5.41, 5.74) is 2.05. The van der Waals surface area contributed by atoms with E-state index in [0.717, 1.165) is 23.3 Å². The number of amides is 1. The monoisotopic (exact) mass is 277 g/mol. The number of nitrogens with one attached hydrogen (secondary N) is 1. The van der Waals surface area contributed by atoms with Gasteiger partial charge in [0.05, 0.1) is 18.9 Å². The Bertz CT molecular complexity index is 527. The molecule has 0 aromatic heterocycles. The van der Waals surface area contributed by atoms with Gasteiger partial charge in [0.1, 0.15) is 5.75 Å². The minimum atomic E-state index is -0.910. The number of aliphatic carboxylic acids is 1. The van der Waals surface area contributed by atoms with Crippen LogP contribution in [0.15, 0.2) is 18.2 Å². The van der Waals surface area contributed by atoms with Gasteiger partial charge < -0.3 is 15.2 Å². The van der Waals surface area contributed by atoms with Crippen LogP contribution in [0.1, 0.15) is 25.0 Å². The molecule has 2 N–H and O–H groups in total. The fourth-order valence-electron chi connectivity index (χ4n) is 2.18.